The predicted octanol–water partition coefficient (Wildman–Crippen LogP) is 6.48. The Morgan fingerprint density at radius 3 is 1.51 bits per heavy atom. The lowest BCUT2D eigenvalue weighted by Crippen LogP contribution is -2.54. The third kappa shape index (κ3) is 5.98. The first kappa shape index (κ1) is 29.5. The Hall–Kier alpha value is -5.53. The molecule has 0 aliphatic heterocycles. The van der Waals surface area contributed by atoms with Crippen LogP contribution in [-0.4, -0.2) is 35.7 Å². The summed E-state index contributed by atoms with van der Waals surface area (Å²) in [4.78, 5) is 38.6. The molecule has 0 saturated heterocycles. The molecule has 3 N–H and O–H groups in total. The van der Waals surface area contributed by atoms with E-state index in [4.69, 9.17) is 4.74 Å². The van der Waals surface area contributed by atoms with E-state index in [1.807, 2.05) is 140 Å². The lowest BCUT2D eigenvalue weighted by molar-refractivity contribution is -0.142. The second kappa shape index (κ2) is 13.0. The normalized spacial score (nSPS) is 12.9. The SMILES string of the molecule is O=C(CC(NC(c1ccccc1)(c1ccccc1)c1ccccc1)C(=O)O)NC(=O)OCC1c2ccccc2-c2ccccc21. The number of carbonyl (C=O) groups is 3. The van der Waals surface area contributed by atoms with Crippen LogP contribution in [0, 0.1) is 0 Å². The van der Waals surface area contributed by atoms with E-state index < -0.39 is 36.0 Å². The maximum absolute atomic E-state index is 13.1. The summed E-state index contributed by atoms with van der Waals surface area (Å²) in [5, 5.41) is 15.9. The first-order chi connectivity index (χ1) is 22.0. The fraction of sp³-hybridized carbons (Fsp3) is 0.132. The van der Waals surface area contributed by atoms with Gasteiger partial charge in [0.15, 0.2) is 0 Å². The molecule has 5 aromatic carbocycles. The van der Waals surface area contributed by atoms with E-state index in [0.717, 1.165) is 38.9 Å². The molecule has 7 nitrogen and oxygen atoms in total. The van der Waals surface area contributed by atoms with Gasteiger partial charge >= 0.3 is 12.1 Å². The fourth-order valence-corrected chi connectivity index (χ4v) is 6.26. The van der Waals surface area contributed by atoms with E-state index in [1.165, 1.54) is 0 Å². The number of imide groups is 1. The molecule has 7 heteroatoms. The zero-order valence-corrected chi connectivity index (χ0v) is 24.4. The van der Waals surface area contributed by atoms with Crippen molar-refractivity contribution in [2.24, 2.45) is 0 Å². The summed E-state index contributed by atoms with van der Waals surface area (Å²) >= 11 is 0. The molecule has 5 aromatic rings. The highest BCUT2D eigenvalue weighted by Crippen LogP contribution is 2.44. The van der Waals surface area contributed by atoms with E-state index in [0.29, 0.717) is 0 Å². The van der Waals surface area contributed by atoms with Crippen molar-refractivity contribution >= 4 is 18.0 Å². The first-order valence-electron chi connectivity index (χ1n) is 14.8. The van der Waals surface area contributed by atoms with E-state index in [-0.39, 0.29) is 12.5 Å². The summed E-state index contributed by atoms with van der Waals surface area (Å²) in [5.41, 5.74) is 5.55. The maximum Gasteiger partial charge on any atom is 0.413 e. The number of amides is 2. The third-order valence-corrected chi connectivity index (χ3v) is 8.28. The Bertz CT molecular complexity index is 1670. The van der Waals surface area contributed by atoms with Gasteiger partial charge in [-0.15, -0.1) is 0 Å². The van der Waals surface area contributed by atoms with E-state index in [9.17, 15) is 19.5 Å². The van der Waals surface area contributed by atoms with Gasteiger partial charge < -0.3 is 9.84 Å². The largest absolute Gasteiger partial charge is 0.480 e. The highest BCUT2D eigenvalue weighted by atomic mass is 16.5. The molecule has 1 aliphatic carbocycles. The molecule has 1 atom stereocenters. The number of nitrogens with one attached hydrogen (secondary N) is 2. The van der Waals surface area contributed by atoms with Crippen molar-refractivity contribution in [3.05, 3.63) is 167 Å². The Labute approximate surface area is 261 Å². The molecular weight excluding hydrogens is 564 g/mol. The quantitative estimate of drug-likeness (QED) is 0.160. The van der Waals surface area contributed by atoms with Gasteiger partial charge in [0.2, 0.25) is 5.91 Å². The molecule has 1 aliphatic rings. The highest BCUT2D eigenvalue weighted by Gasteiger charge is 2.40. The molecule has 0 radical (unpaired) electrons. The van der Waals surface area contributed by atoms with Crippen molar-refractivity contribution in [3.63, 3.8) is 0 Å². The number of rotatable bonds is 10. The summed E-state index contributed by atoms with van der Waals surface area (Å²) in [6, 6.07) is 43.1. The molecular formula is C38H32N2O5. The zero-order valence-electron chi connectivity index (χ0n) is 24.4. The second-order valence-electron chi connectivity index (χ2n) is 11.0. The van der Waals surface area contributed by atoms with Crippen molar-refractivity contribution < 1.29 is 24.2 Å². The number of alkyl carbamates (subject to hydrolysis) is 1. The van der Waals surface area contributed by atoms with Crippen LogP contribution in [0.2, 0.25) is 0 Å². The summed E-state index contributed by atoms with van der Waals surface area (Å²) in [7, 11) is 0. The average Bonchev–Trinajstić information content (AvgIpc) is 3.40. The molecule has 0 fully saturated rings. The number of carboxylic acid groups (broad SMARTS) is 1. The predicted molar refractivity (Wildman–Crippen MR) is 172 cm³/mol. The molecule has 0 spiro atoms. The molecule has 224 valence electrons. The molecule has 6 rings (SSSR count). The van der Waals surface area contributed by atoms with E-state index in [2.05, 4.69) is 10.6 Å². The van der Waals surface area contributed by atoms with Crippen LogP contribution in [0.1, 0.15) is 40.2 Å². The Morgan fingerprint density at radius 2 is 1.07 bits per heavy atom. The molecule has 0 aromatic heterocycles. The number of fused-ring (bicyclic) bond motifs is 3. The van der Waals surface area contributed by atoms with E-state index in [1.54, 1.807) is 0 Å². The van der Waals surface area contributed by atoms with Gasteiger partial charge in [-0.2, -0.15) is 0 Å². The lowest BCUT2D eigenvalue weighted by Gasteiger charge is -2.39. The monoisotopic (exact) mass is 596 g/mol. The van der Waals surface area contributed by atoms with Gasteiger partial charge in [-0.1, -0.05) is 140 Å². The van der Waals surface area contributed by atoms with Gasteiger partial charge in [-0.3, -0.25) is 20.2 Å². The topological polar surface area (TPSA) is 105 Å². The molecule has 1 unspecified atom stereocenters. The van der Waals surface area contributed by atoms with Crippen molar-refractivity contribution in [1.29, 1.82) is 0 Å². The van der Waals surface area contributed by atoms with Crippen molar-refractivity contribution in [2.45, 2.75) is 23.9 Å². The summed E-state index contributed by atoms with van der Waals surface area (Å²) in [6.45, 7) is 0.0346. The highest BCUT2D eigenvalue weighted by molar-refractivity contribution is 5.94. The van der Waals surface area contributed by atoms with Crippen molar-refractivity contribution in [1.82, 2.24) is 10.6 Å². The number of hydrogen-bond acceptors (Lipinski definition) is 5. The Morgan fingerprint density at radius 1 is 0.644 bits per heavy atom. The van der Waals surface area contributed by atoms with Crippen LogP contribution in [-0.2, 0) is 19.9 Å². The minimum atomic E-state index is -1.35. The van der Waals surface area contributed by atoms with Crippen LogP contribution < -0.4 is 10.6 Å². The zero-order chi connectivity index (χ0) is 31.2. The van der Waals surface area contributed by atoms with Crippen LogP contribution in [0.3, 0.4) is 0 Å². The van der Waals surface area contributed by atoms with Crippen LogP contribution in [0.5, 0.6) is 0 Å². The molecule has 0 heterocycles. The van der Waals surface area contributed by atoms with Gasteiger partial charge in [0, 0.05) is 5.92 Å². The fourth-order valence-electron chi connectivity index (χ4n) is 6.26. The Balaban J connectivity index is 1.21. The lowest BCUT2D eigenvalue weighted by atomic mass is 9.76. The van der Waals surface area contributed by atoms with E-state index >= 15 is 0 Å². The van der Waals surface area contributed by atoms with Crippen LogP contribution in [0.15, 0.2) is 140 Å². The number of carboxylic acids is 1. The van der Waals surface area contributed by atoms with Crippen LogP contribution >= 0.6 is 0 Å². The van der Waals surface area contributed by atoms with Crippen LogP contribution in [0.25, 0.3) is 11.1 Å². The van der Waals surface area contributed by atoms with Gasteiger partial charge in [0.05, 0.1) is 12.0 Å². The second-order valence-corrected chi connectivity index (χ2v) is 11.0. The molecule has 45 heavy (non-hydrogen) atoms. The van der Waals surface area contributed by atoms with Gasteiger partial charge in [0.25, 0.3) is 0 Å². The molecule has 0 bridgehead atoms. The van der Waals surface area contributed by atoms with Crippen molar-refractivity contribution in [2.75, 3.05) is 6.61 Å². The standard InChI is InChI=1S/C38H32N2O5/c41-35(39-37(44)45-25-33-31-22-12-10-20-29(31)30-21-11-13-23-32(30)33)24-34(36(42)43)40-38(26-14-4-1-5-15-26,27-16-6-2-7-17-27)28-18-8-3-9-19-28/h1-23,33-34,40H,24-25H2,(H,42,43)(H,39,41,44). The van der Waals surface area contributed by atoms with Crippen molar-refractivity contribution in [3.8, 4) is 11.1 Å². The number of ether oxygens (including phenoxy) is 1. The van der Waals surface area contributed by atoms with Crippen LogP contribution in [0.4, 0.5) is 4.79 Å². The number of carbonyl (C=O) groups excluding carboxylic acids is 2. The molecule has 2 amide bonds. The number of aliphatic carboxylic acids is 1. The smallest absolute Gasteiger partial charge is 0.413 e. The Kier molecular flexibility index (Phi) is 8.53. The summed E-state index contributed by atoms with van der Waals surface area (Å²) < 4.78 is 5.52. The number of benzene rings is 5. The summed E-state index contributed by atoms with van der Waals surface area (Å²) in [5.74, 6) is -2.17. The first-order valence-corrected chi connectivity index (χ1v) is 14.8. The minimum absolute atomic E-state index is 0.0346. The van der Waals surface area contributed by atoms with Gasteiger partial charge in [0.1, 0.15) is 12.6 Å². The molecule has 0 saturated carbocycles. The van der Waals surface area contributed by atoms with Gasteiger partial charge in [-0.25, -0.2) is 4.79 Å². The number of hydrogen-bond donors (Lipinski definition) is 3. The minimum Gasteiger partial charge on any atom is -0.480 e. The third-order valence-electron chi connectivity index (χ3n) is 8.28. The maximum atomic E-state index is 13.1. The average molecular weight is 597 g/mol. The van der Waals surface area contributed by atoms with Gasteiger partial charge in [-0.05, 0) is 38.9 Å². The summed E-state index contributed by atoms with van der Waals surface area (Å²) in [6.07, 6.45) is -1.43.